The van der Waals surface area contributed by atoms with Gasteiger partial charge in [-0.2, -0.15) is 4.31 Å². The van der Waals surface area contributed by atoms with Gasteiger partial charge >= 0.3 is 0 Å². The van der Waals surface area contributed by atoms with Crippen molar-refractivity contribution in [1.29, 1.82) is 0 Å². The number of benzene rings is 1. The van der Waals surface area contributed by atoms with Crippen LogP contribution in [0.5, 0.6) is 5.75 Å². The number of rotatable bonds is 8. The molecule has 1 aliphatic rings. The fourth-order valence-corrected chi connectivity index (χ4v) is 5.00. The first-order valence-corrected chi connectivity index (χ1v) is 10.3. The van der Waals surface area contributed by atoms with Crippen molar-refractivity contribution in [2.24, 2.45) is 0 Å². The van der Waals surface area contributed by atoms with Crippen LogP contribution in [0.1, 0.15) is 44.6 Å². The van der Waals surface area contributed by atoms with Gasteiger partial charge in [0.2, 0.25) is 15.9 Å². The second kappa shape index (κ2) is 8.67. The van der Waals surface area contributed by atoms with Crippen molar-refractivity contribution < 1.29 is 17.9 Å². The van der Waals surface area contributed by atoms with E-state index in [0.717, 1.165) is 19.3 Å². The molecule has 1 aromatic carbocycles. The standard InChI is InChI=1S/C18H28N2O4S/c1-4-5-6-11-19-18(21)16-8-7-12-20(16)25(22,23)17-13-15(24-3)10-9-14(17)2/h9-10,13,16H,4-8,11-12H2,1-3H3,(H,19,21). The number of methoxy groups -OCH3 is 1. The van der Waals surface area contributed by atoms with E-state index in [9.17, 15) is 13.2 Å². The summed E-state index contributed by atoms with van der Waals surface area (Å²) in [6.45, 7) is 4.81. The van der Waals surface area contributed by atoms with Crippen molar-refractivity contribution in [2.45, 2.75) is 56.9 Å². The Morgan fingerprint density at radius 2 is 2.12 bits per heavy atom. The number of unbranched alkanes of at least 4 members (excludes halogenated alkanes) is 2. The summed E-state index contributed by atoms with van der Waals surface area (Å²) < 4.78 is 32.7. The summed E-state index contributed by atoms with van der Waals surface area (Å²) >= 11 is 0. The van der Waals surface area contributed by atoms with Gasteiger partial charge in [-0.3, -0.25) is 4.79 Å². The maximum Gasteiger partial charge on any atom is 0.244 e. The SMILES string of the molecule is CCCCCNC(=O)C1CCCN1S(=O)(=O)c1cc(OC)ccc1C. The molecule has 0 aliphatic carbocycles. The molecule has 0 saturated carbocycles. The highest BCUT2D eigenvalue weighted by atomic mass is 32.2. The van der Waals surface area contributed by atoms with E-state index in [-0.39, 0.29) is 10.8 Å². The molecule has 140 valence electrons. The van der Waals surface area contributed by atoms with Crippen LogP contribution in [0, 0.1) is 6.92 Å². The smallest absolute Gasteiger partial charge is 0.244 e. The summed E-state index contributed by atoms with van der Waals surface area (Å²) in [5.74, 6) is 0.293. The number of nitrogens with one attached hydrogen (secondary N) is 1. The fourth-order valence-electron chi connectivity index (χ4n) is 3.11. The average Bonchev–Trinajstić information content (AvgIpc) is 3.09. The van der Waals surface area contributed by atoms with Crippen LogP contribution in [0.3, 0.4) is 0 Å². The van der Waals surface area contributed by atoms with E-state index in [1.807, 2.05) is 0 Å². The lowest BCUT2D eigenvalue weighted by Gasteiger charge is -2.24. The quantitative estimate of drug-likeness (QED) is 0.715. The Morgan fingerprint density at radius 1 is 1.36 bits per heavy atom. The third kappa shape index (κ3) is 4.52. The molecule has 1 aliphatic heterocycles. The lowest BCUT2D eigenvalue weighted by atomic mass is 10.2. The van der Waals surface area contributed by atoms with Gasteiger partial charge in [0.1, 0.15) is 11.8 Å². The highest BCUT2D eigenvalue weighted by Crippen LogP contribution is 2.30. The lowest BCUT2D eigenvalue weighted by Crippen LogP contribution is -2.46. The van der Waals surface area contributed by atoms with Crippen molar-refractivity contribution >= 4 is 15.9 Å². The Labute approximate surface area is 150 Å². The van der Waals surface area contributed by atoms with Crippen molar-refractivity contribution in [3.05, 3.63) is 23.8 Å². The molecule has 7 heteroatoms. The Hall–Kier alpha value is -1.60. The van der Waals surface area contributed by atoms with Gasteiger partial charge in [0.15, 0.2) is 0 Å². The fraction of sp³-hybridized carbons (Fsp3) is 0.611. The van der Waals surface area contributed by atoms with Gasteiger partial charge in [0, 0.05) is 19.2 Å². The van der Waals surface area contributed by atoms with Crippen LogP contribution in [0.15, 0.2) is 23.1 Å². The lowest BCUT2D eigenvalue weighted by molar-refractivity contribution is -0.124. The minimum absolute atomic E-state index is 0.197. The molecule has 0 spiro atoms. The molecular formula is C18H28N2O4S. The number of hydrogen-bond acceptors (Lipinski definition) is 4. The van der Waals surface area contributed by atoms with Crippen molar-refractivity contribution in [3.63, 3.8) is 0 Å². The second-order valence-corrected chi connectivity index (χ2v) is 8.26. The summed E-state index contributed by atoms with van der Waals surface area (Å²) in [5.41, 5.74) is 0.648. The van der Waals surface area contributed by atoms with Gasteiger partial charge in [-0.1, -0.05) is 25.8 Å². The Morgan fingerprint density at radius 3 is 2.80 bits per heavy atom. The zero-order chi connectivity index (χ0) is 18.4. The molecule has 1 aromatic rings. The molecular weight excluding hydrogens is 340 g/mol. The van der Waals surface area contributed by atoms with Crippen LogP contribution >= 0.6 is 0 Å². The highest BCUT2D eigenvalue weighted by molar-refractivity contribution is 7.89. The minimum Gasteiger partial charge on any atom is -0.497 e. The molecule has 1 heterocycles. The van der Waals surface area contributed by atoms with Gasteiger partial charge in [0.25, 0.3) is 0 Å². The minimum atomic E-state index is -3.74. The van der Waals surface area contributed by atoms with Crippen molar-refractivity contribution in [2.75, 3.05) is 20.2 Å². The van der Waals surface area contributed by atoms with Crippen LogP contribution < -0.4 is 10.1 Å². The number of hydrogen-bond donors (Lipinski definition) is 1. The molecule has 2 rings (SSSR count). The number of amides is 1. The molecule has 1 atom stereocenters. The van der Waals surface area contributed by atoms with Crippen LogP contribution in [0.25, 0.3) is 0 Å². The van der Waals surface area contributed by atoms with Crippen LogP contribution in [-0.4, -0.2) is 44.9 Å². The normalized spacial score (nSPS) is 18.3. The first-order chi connectivity index (χ1) is 11.9. The third-order valence-corrected chi connectivity index (χ3v) is 6.62. The van der Waals surface area contributed by atoms with E-state index in [1.165, 1.54) is 17.5 Å². The molecule has 6 nitrogen and oxygen atoms in total. The van der Waals surface area contributed by atoms with E-state index < -0.39 is 16.1 Å². The molecule has 1 unspecified atom stereocenters. The molecule has 1 saturated heterocycles. The summed E-state index contributed by atoms with van der Waals surface area (Å²) in [6.07, 6.45) is 4.29. The molecule has 0 radical (unpaired) electrons. The third-order valence-electron chi connectivity index (χ3n) is 4.57. The molecule has 0 aromatic heterocycles. The average molecular weight is 368 g/mol. The van der Waals surface area contributed by atoms with Gasteiger partial charge in [-0.25, -0.2) is 8.42 Å². The van der Waals surface area contributed by atoms with E-state index in [2.05, 4.69) is 12.2 Å². The summed E-state index contributed by atoms with van der Waals surface area (Å²) in [4.78, 5) is 12.7. The topological polar surface area (TPSA) is 75.7 Å². The maximum absolute atomic E-state index is 13.1. The summed E-state index contributed by atoms with van der Waals surface area (Å²) in [5, 5.41) is 2.88. The molecule has 1 fully saturated rings. The number of carbonyl (C=O) groups excluding carboxylic acids is 1. The number of aryl methyl sites for hydroxylation is 1. The summed E-state index contributed by atoms with van der Waals surface area (Å²) in [7, 11) is -2.24. The Kier molecular flexibility index (Phi) is 6.84. The maximum atomic E-state index is 13.1. The van der Waals surface area contributed by atoms with Crippen LogP contribution in [0.2, 0.25) is 0 Å². The zero-order valence-corrected chi connectivity index (χ0v) is 16.1. The number of carbonyl (C=O) groups is 1. The first kappa shape index (κ1) is 19.7. The molecule has 0 bridgehead atoms. The largest absolute Gasteiger partial charge is 0.497 e. The van der Waals surface area contributed by atoms with Crippen molar-refractivity contribution in [3.8, 4) is 5.75 Å². The monoisotopic (exact) mass is 368 g/mol. The van der Waals surface area contributed by atoms with Crippen molar-refractivity contribution in [1.82, 2.24) is 9.62 Å². The number of ether oxygens (including phenoxy) is 1. The summed E-state index contributed by atoms with van der Waals surface area (Å²) in [6, 6.07) is 4.36. The number of nitrogens with zero attached hydrogens (tertiary/aromatic N) is 1. The van der Waals surface area contributed by atoms with Gasteiger partial charge in [-0.05, 0) is 37.8 Å². The van der Waals surface area contributed by atoms with E-state index >= 15 is 0 Å². The van der Waals surface area contributed by atoms with E-state index in [0.29, 0.717) is 37.2 Å². The number of sulfonamides is 1. The predicted octanol–water partition coefficient (Wildman–Crippen LogP) is 2.46. The Balaban J connectivity index is 2.19. The van der Waals surface area contributed by atoms with Crippen LogP contribution in [0.4, 0.5) is 0 Å². The highest BCUT2D eigenvalue weighted by Gasteiger charge is 2.39. The van der Waals surface area contributed by atoms with Crippen LogP contribution in [-0.2, 0) is 14.8 Å². The van der Waals surface area contributed by atoms with Gasteiger partial charge in [0.05, 0.1) is 12.0 Å². The predicted molar refractivity (Wildman–Crippen MR) is 97.2 cm³/mol. The zero-order valence-electron chi connectivity index (χ0n) is 15.2. The Bertz CT molecular complexity index is 703. The van der Waals surface area contributed by atoms with Gasteiger partial charge < -0.3 is 10.1 Å². The first-order valence-electron chi connectivity index (χ1n) is 8.86. The molecule has 1 amide bonds. The van der Waals surface area contributed by atoms with E-state index in [1.54, 1.807) is 19.1 Å². The molecule has 1 N–H and O–H groups in total. The van der Waals surface area contributed by atoms with E-state index in [4.69, 9.17) is 4.74 Å². The second-order valence-electron chi connectivity index (χ2n) is 6.40. The molecule has 25 heavy (non-hydrogen) atoms. The van der Waals surface area contributed by atoms with Gasteiger partial charge in [-0.15, -0.1) is 0 Å².